The number of rotatable bonds is 9. The highest BCUT2D eigenvalue weighted by atomic mass is 16.5. The monoisotopic (exact) mass is 408 g/mol. The number of likely N-dealkylation sites (tertiary alicyclic amines) is 1. The van der Waals surface area contributed by atoms with Crippen molar-refractivity contribution < 1.29 is 9.47 Å². The zero-order chi connectivity index (χ0) is 20.8. The fraction of sp³-hybridized carbons (Fsp3) is 0.409. The van der Waals surface area contributed by atoms with Gasteiger partial charge in [-0.15, -0.1) is 0 Å². The number of para-hydroxylation sites is 1. The molecule has 1 fully saturated rings. The van der Waals surface area contributed by atoms with E-state index in [1.807, 2.05) is 48.5 Å². The van der Waals surface area contributed by atoms with Crippen LogP contribution in [0.25, 0.3) is 5.69 Å². The van der Waals surface area contributed by atoms with Crippen molar-refractivity contribution in [2.75, 3.05) is 26.7 Å². The number of ether oxygens (including phenoxy) is 2. The van der Waals surface area contributed by atoms with Crippen LogP contribution in [0.2, 0.25) is 0 Å². The highest BCUT2D eigenvalue weighted by Gasteiger charge is 2.22. The van der Waals surface area contributed by atoms with E-state index in [1.54, 1.807) is 11.8 Å². The molecule has 8 heteroatoms. The predicted octanol–water partition coefficient (Wildman–Crippen LogP) is 3.04. The molecule has 4 rings (SSSR count). The molecule has 1 unspecified atom stereocenters. The van der Waals surface area contributed by atoms with Crippen LogP contribution >= 0.6 is 0 Å². The van der Waals surface area contributed by atoms with Gasteiger partial charge < -0.3 is 14.8 Å². The average Bonchev–Trinajstić information content (AvgIpc) is 3.44. The maximum Gasteiger partial charge on any atom is 0.346 e. The molecule has 1 saturated heterocycles. The number of benzene rings is 2. The lowest BCUT2D eigenvalue weighted by atomic mass is 10.2. The van der Waals surface area contributed by atoms with E-state index in [2.05, 4.69) is 32.7 Å². The quantitative estimate of drug-likeness (QED) is 0.583. The molecule has 1 aromatic heterocycles. The summed E-state index contributed by atoms with van der Waals surface area (Å²) in [5, 5.41) is 15.3. The predicted molar refractivity (Wildman–Crippen MR) is 114 cm³/mol. The third-order valence-electron chi connectivity index (χ3n) is 5.49. The van der Waals surface area contributed by atoms with Crippen molar-refractivity contribution in [2.24, 2.45) is 0 Å². The number of tetrazole rings is 1. The normalized spacial score (nSPS) is 16.7. The molecular formula is C22H28N6O2. The van der Waals surface area contributed by atoms with Crippen LogP contribution in [0.3, 0.4) is 0 Å². The van der Waals surface area contributed by atoms with E-state index in [0.29, 0.717) is 17.5 Å². The molecule has 0 spiro atoms. The first kappa shape index (κ1) is 20.3. The van der Waals surface area contributed by atoms with Crippen LogP contribution in [0.5, 0.6) is 17.5 Å². The lowest BCUT2D eigenvalue weighted by molar-refractivity contribution is 0.260. The third kappa shape index (κ3) is 4.60. The first-order chi connectivity index (χ1) is 14.8. The average molecular weight is 409 g/mol. The van der Waals surface area contributed by atoms with Crippen molar-refractivity contribution in [3.8, 4) is 23.2 Å². The molecule has 158 valence electrons. The topological polar surface area (TPSA) is 77.3 Å². The molecule has 1 atom stereocenters. The molecule has 0 amide bonds. The Morgan fingerprint density at radius 1 is 1.13 bits per heavy atom. The number of likely N-dealkylation sites (N-methyl/N-ethyl adjacent to an activating group) is 1. The van der Waals surface area contributed by atoms with Gasteiger partial charge in [0.2, 0.25) is 0 Å². The molecule has 0 radical (unpaired) electrons. The zero-order valence-electron chi connectivity index (χ0n) is 17.5. The smallest absolute Gasteiger partial charge is 0.346 e. The van der Waals surface area contributed by atoms with Crippen molar-refractivity contribution in [2.45, 2.75) is 32.4 Å². The van der Waals surface area contributed by atoms with Crippen LogP contribution in [-0.4, -0.2) is 57.9 Å². The van der Waals surface area contributed by atoms with Crippen LogP contribution < -0.4 is 14.8 Å². The van der Waals surface area contributed by atoms with Crippen LogP contribution in [0, 0.1) is 0 Å². The fourth-order valence-electron chi connectivity index (χ4n) is 3.90. The summed E-state index contributed by atoms with van der Waals surface area (Å²) in [4.78, 5) is 2.54. The zero-order valence-corrected chi connectivity index (χ0v) is 17.5. The van der Waals surface area contributed by atoms with Crippen LogP contribution in [0.1, 0.15) is 25.3 Å². The van der Waals surface area contributed by atoms with Crippen molar-refractivity contribution in [3.05, 3.63) is 54.1 Å². The summed E-state index contributed by atoms with van der Waals surface area (Å²) in [5.41, 5.74) is 1.97. The number of nitrogens with zero attached hydrogens (tertiary/aromatic N) is 5. The van der Waals surface area contributed by atoms with Gasteiger partial charge in [-0.25, -0.2) is 0 Å². The van der Waals surface area contributed by atoms with Crippen LogP contribution in [0.15, 0.2) is 48.5 Å². The highest BCUT2D eigenvalue weighted by Crippen LogP contribution is 2.32. The molecule has 8 nitrogen and oxygen atoms in total. The Morgan fingerprint density at radius 3 is 2.80 bits per heavy atom. The van der Waals surface area contributed by atoms with E-state index in [-0.39, 0.29) is 6.01 Å². The summed E-state index contributed by atoms with van der Waals surface area (Å²) in [6.07, 6.45) is 2.57. The lowest BCUT2D eigenvalue weighted by Gasteiger charge is -2.23. The molecule has 0 aliphatic carbocycles. The van der Waals surface area contributed by atoms with Crippen LogP contribution in [0.4, 0.5) is 0 Å². The molecule has 1 aliphatic rings. The van der Waals surface area contributed by atoms with Gasteiger partial charge in [0.15, 0.2) is 11.5 Å². The maximum atomic E-state index is 5.97. The van der Waals surface area contributed by atoms with E-state index >= 15 is 0 Å². The van der Waals surface area contributed by atoms with E-state index in [1.165, 1.54) is 19.4 Å². The standard InChI is InChI=1S/C22H28N6O2/c1-3-27-13-7-10-19(27)16-23-15-17-11-12-20(21(14-17)29-2)30-22-24-25-26-28(22)18-8-5-4-6-9-18/h4-6,8-9,11-12,14,19,23H,3,7,10,13,15-16H2,1-2H3. The Bertz CT molecular complexity index is 946. The van der Waals surface area contributed by atoms with E-state index in [9.17, 15) is 0 Å². The van der Waals surface area contributed by atoms with Crippen molar-refractivity contribution in [3.63, 3.8) is 0 Å². The van der Waals surface area contributed by atoms with Gasteiger partial charge in [-0.2, -0.15) is 4.68 Å². The summed E-state index contributed by atoms with van der Waals surface area (Å²) in [5.74, 6) is 1.22. The molecule has 3 aromatic rings. The molecule has 1 aliphatic heterocycles. The van der Waals surface area contributed by atoms with Gasteiger partial charge in [0.25, 0.3) is 0 Å². The van der Waals surface area contributed by atoms with E-state index in [0.717, 1.165) is 30.9 Å². The van der Waals surface area contributed by atoms with E-state index < -0.39 is 0 Å². The SMILES string of the molecule is CCN1CCCC1CNCc1ccc(Oc2nnnn2-c2ccccc2)c(OC)c1. The molecule has 2 aromatic carbocycles. The lowest BCUT2D eigenvalue weighted by Crippen LogP contribution is -2.37. The number of hydrogen-bond acceptors (Lipinski definition) is 7. The van der Waals surface area contributed by atoms with Crippen LogP contribution in [-0.2, 0) is 6.54 Å². The first-order valence-electron chi connectivity index (χ1n) is 10.4. The Hall–Kier alpha value is -2.97. The van der Waals surface area contributed by atoms with E-state index in [4.69, 9.17) is 9.47 Å². The number of nitrogens with one attached hydrogen (secondary N) is 1. The summed E-state index contributed by atoms with van der Waals surface area (Å²) in [7, 11) is 1.64. The molecule has 0 bridgehead atoms. The summed E-state index contributed by atoms with van der Waals surface area (Å²) < 4.78 is 13.1. The fourth-order valence-corrected chi connectivity index (χ4v) is 3.90. The minimum atomic E-state index is 0.284. The Kier molecular flexibility index (Phi) is 6.56. The summed E-state index contributed by atoms with van der Waals surface area (Å²) in [6.45, 7) is 6.35. The van der Waals surface area contributed by atoms with Crippen molar-refractivity contribution >= 4 is 0 Å². The molecule has 1 N–H and O–H groups in total. The Balaban J connectivity index is 1.41. The third-order valence-corrected chi connectivity index (χ3v) is 5.49. The van der Waals surface area contributed by atoms with Crippen molar-refractivity contribution in [1.29, 1.82) is 0 Å². The minimum Gasteiger partial charge on any atom is -0.493 e. The second kappa shape index (κ2) is 9.69. The minimum absolute atomic E-state index is 0.284. The second-order valence-electron chi connectivity index (χ2n) is 7.35. The first-order valence-corrected chi connectivity index (χ1v) is 10.4. The van der Waals surface area contributed by atoms with Gasteiger partial charge in [-0.05, 0) is 66.2 Å². The van der Waals surface area contributed by atoms with Gasteiger partial charge in [-0.1, -0.05) is 36.3 Å². The number of aromatic nitrogens is 4. The van der Waals surface area contributed by atoms with Gasteiger partial charge in [0.05, 0.1) is 12.8 Å². The molecular weight excluding hydrogens is 380 g/mol. The highest BCUT2D eigenvalue weighted by molar-refractivity contribution is 5.44. The largest absolute Gasteiger partial charge is 0.493 e. The van der Waals surface area contributed by atoms with Gasteiger partial charge in [-0.3, -0.25) is 4.90 Å². The number of hydrogen-bond donors (Lipinski definition) is 1. The number of methoxy groups -OCH3 is 1. The van der Waals surface area contributed by atoms with Gasteiger partial charge in [0, 0.05) is 19.1 Å². The molecule has 30 heavy (non-hydrogen) atoms. The maximum absolute atomic E-state index is 5.97. The summed E-state index contributed by atoms with van der Waals surface area (Å²) >= 11 is 0. The summed E-state index contributed by atoms with van der Waals surface area (Å²) in [6, 6.07) is 16.5. The Morgan fingerprint density at radius 2 is 2.00 bits per heavy atom. The Labute approximate surface area is 176 Å². The van der Waals surface area contributed by atoms with Gasteiger partial charge >= 0.3 is 6.01 Å². The second-order valence-corrected chi connectivity index (χ2v) is 7.35. The van der Waals surface area contributed by atoms with Gasteiger partial charge in [0.1, 0.15) is 0 Å². The van der Waals surface area contributed by atoms with Crippen molar-refractivity contribution in [1.82, 2.24) is 30.4 Å². The molecule has 0 saturated carbocycles. The molecule has 2 heterocycles.